The Hall–Kier alpha value is -2.28. The van der Waals surface area contributed by atoms with Gasteiger partial charge in [-0.15, -0.1) is 11.8 Å². The second-order valence-electron chi connectivity index (χ2n) is 7.34. The maximum absolute atomic E-state index is 12.9. The largest absolute Gasteiger partial charge is 0.369 e. The van der Waals surface area contributed by atoms with Crippen LogP contribution in [0.15, 0.2) is 70.3 Å². The van der Waals surface area contributed by atoms with Gasteiger partial charge in [0.05, 0.1) is 5.56 Å². The Morgan fingerprint density at radius 3 is 2.50 bits per heavy atom. The molecule has 0 radical (unpaired) electrons. The summed E-state index contributed by atoms with van der Waals surface area (Å²) in [4.78, 5) is 18.8. The van der Waals surface area contributed by atoms with Crippen molar-refractivity contribution in [3.8, 4) is 0 Å². The fourth-order valence-electron chi connectivity index (χ4n) is 3.59. The fraction of sp³-hybridized carbons (Fsp3) is 0.292. The Labute approximate surface area is 186 Å². The van der Waals surface area contributed by atoms with Crippen molar-refractivity contribution < 1.29 is 4.79 Å². The standard InChI is InChI=1S/C24H27N3OS2/c1-2-26-12-14-27(15-13-26)21-9-7-20(8-10-21)25-24(28)22-5-3-4-6-23(22)30-18-19-11-16-29-17-19/h3-11,16-17H,2,12-15,18H2,1H3,(H,25,28). The third-order valence-electron chi connectivity index (χ3n) is 5.42. The Morgan fingerprint density at radius 1 is 1.03 bits per heavy atom. The Morgan fingerprint density at radius 2 is 1.80 bits per heavy atom. The molecule has 1 aromatic heterocycles. The molecular formula is C24H27N3OS2. The quantitative estimate of drug-likeness (QED) is 0.500. The molecule has 0 aliphatic carbocycles. The molecule has 0 unspecified atom stereocenters. The number of rotatable bonds is 7. The zero-order valence-corrected chi connectivity index (χ0v) is 18.8. The van der Waals surface area contributed by atoms with Gasteiger partial charge in [0.25, 0.3) is 5.91 Å². The summed E-state index contributed by atoms with van der Waals surface area (Å²) >= 11 is 3.40. The van der Waals surface area contributed by atoms with Gasteiger partial charge >= 0.3 is 0 Å². The lowest BCUT2D eigenvalue weighted by atomic mass is 10.2. The van der Waals surface area contributed by atoms with Crippen LogP contribution in [0.25, 0.3) is 0 Å². The number of hydrogen-bond acceptors (Lipinski definition) is 5. The highest BCUT2D eigenvalue weighted by Gasteiger charge is 2.16. The Balaban J connectivity index is 1.38. The highest BCUT2D eigenvalue weighted by Crippen LogP contribution is 2.28. The molecule has 1 N–H and O–H groups in total. The highest BCUT2D eigenvalue weighted by atomic mass is 32.2. The highest BCUT2D eigenvalue weighted by molar-refractivity contribution is 7.98. The van der Waals surface area contributed by atoms with Crippen LogP contribution in [0.3, 0.4) is 0 Å². The summed E-state index contributed by atoms with van der Waals surface area (Å²) in [6, 6.07) is 18.2. The van der Waals surface area contributed by atoms with Crippen LogP contribution in [0.5, 0.6) is 0 Å². The molecule has 0 saturated carbocycles. The average Bonchev–Trinajstić information content (AvgIpc) is 3.32. The molecule has 0 atom stereocenters. The van der Waals surface area contributed by atoms with Gasteiger partial charge in [0, 0.05) is 48.2 Å². The van der Waals surface area contributed by atoms with Crippen LogP contribution in [0, 0.1) is 0 Å². The number of thiophene rings is 1. The van der Waals surface area contributed by atoms with E-state index in [0.29, 0.717) is 0 Å². The first kappa shape index (κ1) is 21.0. The zero-order valence-electron chi connectivity index (χ0n) is 17.2. The number of likely N-dealkylation sites (N-methyl/N-ethyl adjacent to an activating group) is 1. The lowest BCUT2D eigenvalue weighted by Crippen LogP contribution is -2.46. The van der Waals surface area contributed by atoms with Gasteiger partial charge in [0.15, 0.2) is 0 Å². The van der Waals surface area contributed by atoms with Crippen LogP contribution in [0.1, 0.15) is 22.8 Å². The first-order valence-electron chi connectivity index (χ1n) is 10.3. The molecule has 156 valence electrons. The van der Waals surface area contributed by atoms with Crippen molar-refractivity contribution in [1.82, 2.24) is 4.90 Å². The van der Waals surface area contributed by atoms with Gasteiger partial charge in [-0.25, -0.2) is 0 Å². The monoisotopic (exact) mass is 437 g/mol. The topological polar surface area (TPSA) is 35.6 Å². The summed E-state index contributed by atoms with van der Waals surface area (Å²) < 4.78 is 0. The van der Waals surface area contributed by atoms with Gasteiger partial charge in [-0.1, -0.05) is 19.1 Å². The Kier molecular flexibility index (Phi) is 7.10. The molecule has 2 aromatic carbocycles. The molecule has 2 heterocycles. The van der Waals surface area contributed by atoms with Crippen molar-refractivity contribution >= 4 is 40.4 Å². The van der Waals surface area contributed by atoms with E-state index in [4.69, 9.17) is 0 Å². The van der Waals surface area contributed by atoms with Gasteiger partial charge < -0.3 is 15.1 Å². The van der Waals surface area contributed by atoms with E-state index >= 15 is 0 Å². The number of anilines is 2. The number of piperazine rings is 1. The molecule has 0 bridgehead atoms. The summed E-state index contributed by atoms with van der Waals surface area (Å²) in [6.07, 6.45) is 0. The SMILES string of the molecule is CCN1CCN(c2ccc(NC(=O)c3ccccc3SCc3ccsc3)cc2)CC1. The van der Waals surface area contributed by atoms with Gasteiger partial charge in [-0.05, 0) is 65.3 Å². The zero-order chi connectivity index (χ0) is 20.8. The fourth-order valence-corrected chi connectivity index (χ4v) is 5.36. The van der Waals surface area contributed by atoms with E-state index < -0.39 is 0 Å². The van der Waals surface area contributed by atoms with Gasteiger partial charge in [0.1, 0.15) is 0 Å². The van der Waals surface area contributed by atoms with Crippen LogP contribution in [0.4, 0.5) is 11.4 Å². The van der Waals surface area contributed by atoms with Gasteiger partial charge in [-0.3, -0.25) is 4.79 Å². The van der Waals surface area contributed by atoms with Crippen molar-refractivity contribution in [3.63, 3.8) is 0 Å². The van der Waals surface area contributed by atoms with Crippen LogP contribution < -0.4 is 10.2 Å². The van der Waals surface area contributed by atoms with Crippen LogP contribution in [0.2, 0.25) is 0 Å². The van der Waals surface area contributed by atoms with E-state index in [1.165, 1.54) is 11.3 Å². The van der Waals surface area contributed by atoms with Crippen LogP contribution >= 0.6 is 23.1 Å². The molecule has 1 aliphatic heterocycles. The first-order chi connectivity index (χ1) is 14.7. The van der Waals surface area contributed by atoms with Gasteiger partial charge in [-0.2, -0.15) is 11.3 Å². The summed E-state index contributed by atoms with van der Waals surface area (Å²) in [5, 5.41) is 7.30. The molecule has 1 aliphatic rings. The number of benzene rings is 2. The molecular weight excluding hydrogens is 410 g/mol. The van der Waals surface area contributed by atoms with Crippen molar-refractivity contribution in [2.75, 3.05) is 42.9 Å². The maximum atomic E-state index is 12.9. The van der Waals surface area contributed by atoms with E-state index in [0.717, 1.165) is 54.6 Å². The third-order valence-corrected chi connectivity index (χ3v) is 7.29. The minimum atomic E-state index is -0.0623. The number of thioether (sulfide) groups is 1. The molecule has 1 fully saturated rings. The van der Waals surface area contributed by atoms with Crippen LogP contribution in [-0.4, -0.2) is 43.5 Å². The summed E-state index contributed by atoms with van der Waals surface area (Å²) in [6.45, 7) is 7.64. The molecule has 3 aromatic rings. The van der Waals surface area contributed by atoms with E-state index in [1.54, 1.807) is 23.1 Å². The van der Waals surface area contributed by atoms with E-state index in [1.807, 2.05) is 36.4 Å². The smallest absolute Gasteiger partial charge is 0.256 e. The van der Waals surface area contributed by atoms with Crippen molar-refractivity contribution in [3.05, 3.63) is 76.5 Å². The predicted molar refractivity (Wildman–Crippen MR) is 129 cm³/mol. The van der Waals surface area contributed by atoms with Gasteiger partial charge in [0.2, 0.25) is 0 Å². The second kappa shape index (κ2) is 10.2. The normalized spacial score (nSPS) is 14.6. The third kappa shape index (κ3) is 5.25. The average molecular weight is 438 g/mol. The number of nitrogens with one attached hydrogen (secondary N) is 1. The van der Waals surface area contributed by atoms with Crippen molar-refractivity contribution in [2.45, 2.75) is 17.6 Å². The molecule has 6 heteroatoms. The summed E-state index contributed by atoms with van der Waals surface area (Å²) in [7, 11) is 0. The second-order valence-corrected chi connectivity index (χ2v) is 9.14. The van der Waals surface area contributed by atoms with E-state index in [-0.39, 0.29) is 5.91 Å². The molecule has 0 spiro atoms. The number of nitrogens with zero attached hydrogens (tertiary/aromatic N) is 2. The Bertz CT molecular complexity index is 949. The van der Waals surface area contributed by atoms with E-state index in [9.17, 15) is 4.79 Å². The molecule has 4 nitrogen and oxygen atoms in total. The van der Waals surface area contributed by atoms with E-state index in [2.05, 4.69) is 51.0 Å². The van der Waals surface area contributed by atoms with Crippen molar-refractivity contribution in [2.24, 2.45) is 0 Å². The molecule has 1 amide bonds. The lowest BCUT2D eigenvalue weighted by Gasteiger charge is -2.35. The van der Waals surface area contributed by atoms with Crippen LogP contribution in [-0.2, 0) is 5.75 Å². The number of carbonyl (C=O) groups is 1. The number of hydrogen-bond donors (Lipinski definition) is 1. The number of amides is 1. The maximum Gasteiger partial charge on any atom is 0.256 e. The first-order valence-corrected chi connectivity index (χ1v) is 12.3. The summed E-state index contributed by atoms with van der Waals surface area (Å²) in [5.74, 6) is 0.807. The lowest BCUT2D eigenvalue weighted by molar-refractivity contribution is 0.102. The minimum Gasteiger partial charge on any atom is -0.369 e. The minimum absolute atomic E-state index is 0.0623. The predicted octanol–water partition coefficient (Wildman–Crippen LogP) is 5.43. The van der Waals surface area contributed by atoms with Crippen molar-refractivity contribution in [1.29, 1.82) is 0 Å². The molecule has 1 saturated heterocycles. The molecule has 30 heavy (non-hydrogen) atoms. The number of carbonyl (C=O) groups excluding carboxylic acids is 1. The molecule has 4 rings (SSSR count). The summed E-state index contributed by atoms with van der Waals surface area (Å²) in [5.41, 5.74) is 4.05.